The molecule has 4 amide bonds. The number of nitro benzene ring substituents is 1. The molecule has 1 aliphatic heterocycles. The van der Waals surface area contributed by atoms with Crippen LogP contribution in [-0.4, -0.2) is 41.0 Å². The van der Waals surface area contributed by atoms with E-state index in [1.54, 1.807) is 31.2 Å². The molecule has 0 fully saturated rings. The minimum Gasteiger partial charge on any atom is -0.462 e. The molecule has 2 aromatic carbocycles. The molecule has 11 nitrogen and oxygen atoms in total. The Labute approximate surface area is 215 Å². The van der Waals surface area contributed by atoms with Gasteiger partial charge in [0.15, 0.2) is 0 Å². The second kappa shape index (κ2) is 12.0. The maximum atomic E-state index is 13.1. The molecule has 0 saturated carbocycles. The lowest BCUT2D eigenvalue weighted by atomic mass is 9.94. The van der Waals surface area contributed by atoms with Crippen LogP contribution >= 0.6 is 0 Å². The summed E-state index contributed by atoms with van der Waals surface area (Å²) in [6, 6.07) is 10.6. The van der Waals surface area contributed by atoms with E-state index in [1.165, 1.54) is 29.2 Å². The molecule has 37 heavy (non-hydrogen) atoms. The zero-order valence-corrected chi connectivity index (χ0v) is 21.2. The summed E-state index contributed by atoms with van der Waals surface area (Å²) in [4.78, 5) is 50.3. The summed E-state index contributed by atoms with van der Waals surface area (Å²) < 4.78 is 5.51. The van der Waals surface area contributed by atoms with E-state index in [4.69, 9.17) is 4.74 Å². The number of allylic oxidation sites excluding steroid dienone is 1. The first-order valence-corrected chi connectivity index (χ1v) is 12.0. The third kappa shape index (κ3) is 6.84. The van der Waals surface area contributed by atoms with E-state index >= 15 is 0 Å². The summed E-state index contributed by atoms with van der Waals surface area (Å²) in [5.74, 6) is -0.360. The Kier molecular flexibility index (Phi) is 8.83. The third-order valence-electron chi connectivity index (χ3n) is 5.63. The number of amides is 4. The van der Waals surface area contributed by atoms with Crippen molar-refractivity contribution >= 4 is 35.1 Å². The van der Waals surface area contributed by atoms with Crippen LogP contribution in [0.1, 0.15) is 45.7 Å². The number of rotatable bonds is 9. The number of ether oxygens (including phenoxy) is 1. The first kappa shape index (κ1) is 27.2. The van der Waals surface area contributed by atoms with Crippen molar-refractivity contribution in [1.82, 2.24) is 10.2 Å². The van der Waals surface area contributed by atoms with Gasteiger partial charge in [0.2, 0.25) is 0 Å². The number of nitrogens with one attached hydrogen (secondary N) is 3. The number of nitro groups is 1. The van der Waals surface area contributed by atoms with E-state index in [9.17, 15) is 24.5 Å². The summed E-state index contributed by atoms with van der Waals surface area (Å²) in [6.07, 6.45) is 0.715. The Morgan fingerprint density at radius 1 is 1.14 bits per heavy atom. The van der Waals surface area contributed by atoms with Gasteiger partial charge in [-0.25, -0.2) is 14.4 Å². The lowest BCUT2D eigenvalue weighted by molar-refractivity contribution is -0.384. The maximum absolute atomic E-state index is 13.1. The largest absolute Gasteiger partial charge is 0.462 e. The molecule has 196 valence electrons. The van der Waals surface area contributed by atoms with E-state index in [2.05, 4.69) is 16.0 Å². The molecule has 3 N–H and O–H groups in total. The molecule has 11 heteroatoms. The fourth-order valence-corrected chi connectivity index (χ4v) is 3.86. The lowest BCUT2D eigenvalue weighted by Gasteiger charge is -2.35. The monoisotopic (exact) mass is 509 g/mol. The van der Waals surface area contributed by atoms with Crippen LogP contribution in [0.5, 0.6) is 0 Å². The van der Waals surface area contributed by atoms with Crippen molar-refractivity contribution in [2.45, 2.75) is 40.2 Å². The molecule has 0 radical (unpaired) electrons. The Hall–Kier alpha value is -4.41. The predicted molar refractivity (Wildman–Crippen MR) is 139 cm³/mol. The van der Waals surface area contributed by atoms with Crippen molar-refractivity contribution in [3.05, 3.63) is 75.5 Å². The Bertz CT molecular complexity index is 1210. The van der Waals surface area contributed by atoms with Gasteiger partial charge in [0.25, 0.3) is 5.69 Å². The van der Waals surface area contributed by atoms with Gasteiger partial charge in [0.05, 0.1) is 23.1 Å². The smallest absolute Gasteiger partial charge is 0.338 e. The number of esters is 1. The lowest BCUT2D eigenvalue weighted by Crippen LogP contribution is -2.48. The topological polar surface area (TPSA) is 143 Å². The average Bonchev–Trinajstić information content (AvgIpc) is 2.85. The van der Waals surface area contributed by atoms with Crippen LogP contribution < -0.4 is 16.0 Å². The highest BCUT2D eigenvalue weighted by Gasteiger charge is 2.36. The summed E-state index contributed by atoms with van der Waals surface area (Å²) >= 11 is 0. The predicted octanol–water partition coefficient (Wildman–Crippen LogP) is 5.19. The normalized spacial score (nSPS) is 15.3. The standard InChI is InChI=1S/C26H31N5O6/c1-5-13-30-17(4)22(24(32)37-15-16(2)3)23(29-26(30)34)18-7-6-8-20(14-18)28-25(33)27-19-9-11-21(12-10-19)31(35)36/h6-12,14,16,23H,5,13,15H2,1-4H3,(H,29,34)(H2,27,28,33). The van der Waals surface area contributed by atoms with Crippen molar-refractivity contribution in [2.75, 3.05) is 23.8 Å². The highest BCUT2D eigenvalue weighted by atomic mass is 16.6. The second-order valence-corrected chi connectivity index (χ2v) is 9.03. The minimum absolute atomic E-state index is 0.0863. The molecule has 2 aromatic rings. The van der Waals surface area contributed by atoms with Crippen molar-refractivity contribution in [3.63, 3.8) is 0 Å². The first-order chi connectivity index (χ1) is 17.6. The van der Waals surface area contributed by atoms with Crippen molar-refractivity contribution in [2.24, 2.45) is 5.92 Å². The molecular formula is C26H31N5O6. The number of benzene rings is 2. The minimum atomic E-state index is -0.764. The van der Waals surface area contributed by atoms with Gasteiger partial charge in [0.1, 0.15) is 0 Å². The third-order valence-corrected chi connectivity index (χ3v) is 5.63. The fourth-order valence-electron chi connectivity index (χ4n) is 3.86. The highest BCUT2D eigenvalue weighted by Crippen LogP contribution is 2.32. The van der Waals surface area contributed by atoms with Crippen LogP contribution in [0.2, 0.25) is 0 Å². The Morgan fingerprint density at radius 2 is 1.81 bits per heavy atom. The van der Waals surface area contributed by atoms with Crippen LogP contribution in [0.3, 0.4) is 0 Å². The van der Waals surface area contributed by atoms with E-state index in [1.807, 2.05) is 20.8 Å². The van der Waals surface area contributed by atoms with Gasteiger partial charge >= 0.3 is 18.0 Å². The number of anilines is 2. The molecule has 0 aliphatic carbocycles. The van der Waals surface area contributed by atoms with E-state index in [0.717, 1.165) is 0 Å². The van der Waals surface area contributed by atoms with E-state index < -0.39 is 23.0 Å². The van der Waals surface area contributed by atoms with Gasteiger partial charge in [-0.3, -0.25) is 15.0 Å². The molecule has 3 rings (SSSR count). The zero-order chi connectivity index (χ0) is 27.1. The summed E-state index contributed by atoms with van der Waals surface area (Å²) in [5.41, 5.74) is 2.17. The number of nitrogens with zero attached hydrogens (tertiary/aromatic N) is 2. The van der Waals surface area contributed by atoms with Gasteiger partial charge in [-0.2, -0.15) is 0 Å². The molecule has 0 bridgehead atoms. The second-order valence-electron chi connectivity index (χ2n) is 9.03. The number of hydrogen-bond donors (Lipinski definition) is 3. The van der Waals surface area contributed by atoms with Crippen LogP contribution in [0.15, 0.2) is 59.8 Å². The number of non-ortho nitro benzene ring substituents is 1. The number of urea groups is 2. The molecule has 0 aromatic heterocycles. The van der Waals surface area contributed by atoms with E-state index in [-0.39, 0.29) is 24.2 Å². The number of hydrogen-bond acceptors (Lipinski definition) is 6. The molecule has 0 spiro atoms. The number of carbonyl (C=O) groups is 3. The molecule has 0 saturated heterocycles. The van der Waals surface area contributed by atoms with E-state index in [0.29, 0.717) is 41.2 Å². The Morgan fingerprint density at radius 3 is 2.43 bits per heavy atom. The number of carbonyl (C=O) groups excluding carboxylic acids is 3. The summed E-state index contributed by atoms with van der Waals surface area (Å²) in [7, 11) is 0. The van der Waals surface area contributed by atoms with Gasteiger partial charge in [-0.05, 0) is 49.1 Å². The van der Waals surface area contributed by atoms with Crippen LogP contribution in [0.25, 0.3) is 0 Å². The molecule has 1 atom stereocenters. The SMILES string of the molecule is CCCN1C(=O)NC(c2cccc(NC(=O)Nc3ccc([N+](=O)[O-])cc3)c2)C(C(=O)OCC(C)C)=C1C. The zero-order valence-electron chi connectivity index (χ0n) is 21.2. The summed E-state index contributed by atoms with van der Waals surface area (Å²) in [5, 5.41) is 19.0. The van der Waals surface area contributed by atoms with Crippen molar-refractivity contribution in [1.29, 1.82) is 0 Å². The van der Waals surface area contributed by atoms with Crippen LogP contribution in [-0.2, 0) is 9.53 Å². The quantitative estimate of drug-likeness (QED) is 0.241. The van der Waals surface area contributed by atoms with Gasteiger partial charge in [0, 0.05) is 35.7 Å². The summed E-state index contributed by atoms with van der Waals surface area (Å²) in [6.45, 7) is 8.25. The first-order valence-electron chi connectivity index (χ1n) is 12.0. The van der Waals surface area contributed by atoms with Crippen molar-refractivity contribution < 1.29 is 24.0 Å². The van der Waals surface area contributed by atoms with Gasteiger partial charge < -0.3 is 20.7 Å². The molecule has 1 unspecified atom stereocenters. The maximum Gasteiger partial charge on any atom is 0.338 e. The van der Waals surface area contributed by atoms with Gasteiger partial charge in [-0.15, -0.1) is 0 Å². The fraction of sp³-hybridized carbons (Fsp3) is 0.346. The van der Waals surface area contributed by atoms with Gasteiger partial charge in [-0.1, -0.05) is 32.9 Å². The van der Waals surface area contributed by atoms with Crippen LogP contribution in [0.4, 0.5) is 26.7 Å². The Balaban J connectivity index is 1.83. The molecule has 1 aliphatic rings. The molecule has 1 heterocycles. The van der Waals surface area contributed by atoms with Crippen molar-refractivity contribution in [3.8, 4) is 0 Å². The van der Waals surface area contributed by atoms with Crippen LogP contribution in [0, 0.1) is 16.0 Å². The molecular weight excluding hydrogens is 478 g/mol. The average molecular weight is 510 g/mol. The highest BCUT2D eigenvalue weighted by molar-refractivity contribution is 6.00.